The van der Waals surface area contributed by atoms with Crippen molar-refractivity contribution in [1.82, 2.24) is 10.3 Å². The van der Waals surface area contributed by atoms with Crippen LogP contribution in [0.3, 0.4) is 0 Å². The molecule has 24 heavy (non-hydrogen) atoms. The lowest BCUT2D eigenvalue weighted by molar-refractivity contribution is 0.0950. The molecular weight excluding hydrogens is 324 g/mol. The van der Waals surface area contributed by atoms with Gasteiger partial charge in [-0.1, -0.05) is 38.5 Å². The summed E-state index contributed by atoms with van der Waals surface area (Å²) in [4.78, 5) is 16.2. The number of hydrogen-bond acceptors (Lipinski definition) is 3. The lowest BCUT2D eigenvalue weighted by atomic mass is 9.84. The van der Waals surface area contributed by atoms with Crippen LogP contribution in [-0.4, -0.2) is 18.0 Å². The van der Waals surface area contributed by atoms with Crippen LogP contribution in [0.5, 0.6) is 5.75 Å². The van der Waals surface area contributed by atoms with Crippen molar-refractivity contribution < 1.29 is 9.53 Å². The molecule has 0 radical (unpaired) electrons. The SMILES string of the molecule is COc1c(CNC(=O)c2cccnc2)cc(C)cc1C(C)(C)C.Cl. The topological polar surface area (TPSA) is 51.2 Å². The number of benzene rings is 1. The molecule has 2 rings (SSSR count). The smallest absolute Gasteiger partial charge is 0.253 e. The quantitative estimate of drug-likeness (QED) is 0.906. The molecule has 0 saturated carbocycles. The molecule has 2 aromatic rings. The van der Waals surface area contributed by atoms with Crippen molar-refractivity contribution in [1.29, 1.82) is 0 Å². The molecule has 0 saturated heterocycles. The Bertz CT molecular complexity index is 695. The summed E-state index contributed by atoms with van der Waals surface area (Å²) in [5, 5.41) is 2.94. The van der Waals surface area contributed by atoms with Gasteiger partial charge in [-0.05, 0) is 24.5 Å². The van der Waals surface area contributed by atoms with Gasteiger partial charge in [-0.15, -0.1) is 12.4 Å². The average Bonchev–Trinajstić information content (AvgIpc) is 2.52. The molecule has 0 fully saturated rings. The number of carbonyl (C=O) groups is 1. The predicted octanol–water partition coefficient (Wildman–Crippen LogP) is 4.05. The van der Waals surface area contributed by atoms with Gasteiger partial charge in [-0.2, -0.15) is 0 Å². The normalized spacial score (nSPS) is 10.7. The first kappa shape index (κ1) is 20.0. The minimum Gasteiger partial charge on any atom is -0.496 e. The van der Waals surface area contributed by atoms with Crippen LogP contribution in [0.4, 0.5) is 0 Å². The molecule has 1 aromatic carbocycles. The van der Waals surface area contributed by atoms with Crippen molar-refractivity contribution in [3.63, 3.8) is 0 Å². The van der Waals surface area contributed by atoms with E-state index in [2.05, 4.69) is 50.1 Å². The summed E-state index contributed by atoms with van der Waals surface area (Å²) < 4.78 is 5.63. The van der Waals surface area contributed by atoms with Crippen LogP contribution in [0, 0.1) is 6.92 Å². The maximum atomic E-state index is 12.2. The number of hydrogen-bond donors (Lipinski definition) is 1. The zero-order valence-corrected chi connectivity index (χ0v) is 15.7. The number of ether oxygens (including phenoxy) is 1. The number of halogens is 1. The molecule has 0 aliphatic heterocycles. The first-order valence-corrected chi connectivity index (χ1v) is 7.69. The largest absolute Gasteiger partial charge is 0.496 e. The Morgan fingerprint density at radius 2 is 2.00 bits per heavy atom. The fourth-order valence-corrected chi connectivity index (χ4v) is 2.55. The van der Waals surface area contributed by atoms with E-state index in [0.29, 0.717) is 12.1 Å². The van der Waals surface area contributed by atoms with Gasteiger partial charge in [0.1, 0.15) is 5.75 Å². The van der Waals surface area contributed by atoms with Crippen molar-refractivity contribution in [2.24, 2.45) is 0 Å². The Hall–Kier alpha value is -2.07. The number of rotatable bonds is 4. The van der Waals surface area contributed by atoms with Gasteiger partial charge in [0.05, 0.1) is 12.7 Å². The van der Waals surface area contributed by atoms with Gasteiger partial charge in [-0.25, -0.2) is 0 Å². The minimum atomic E-state index is -0.140. The molecule has 130 valence electrons. The van der Waals surface area contributed by atoms with Crippen LogP contribution in [0.25, 0.3) is 0 Å². The van der Waals surface area contributed by atoms with E-state index in [9.17, 15) is 4.79 Å². The Balaban J connectivity index is 0.00000288. The molecule has 0 bridgehead atoms. The van der Waals surface area contributed by atoms with E-state index >= 15 is 0 Å². The van der Waals surface area contributed by atoms with Gasteiger partial charge in [0.25, 0.3) is 5.91 Å². The van der Waals surface area contributed by atoms with Crippen molar-refractivity contribution in [3.05, 3.63) is 58.9 Å². The maximum absolute atomic E-state index is 12.2. The number of nitrogens with zero attached hydrogens (tertiary/aromatic N) is 1. The first-order valence-electron chi connectivity index (χ1n) is 7.69. The van der Waals surface area contributed by atoms with Crippen LogP contribution < -0.4 is 10.1 Å². The average molecular weight is 349 g/mol. The van der Waals surface area contributed by atoms with E-state index in [1.807, 2.05) is 0 Å². The molecule has 1 N–H and O–H groups in total. The summed E-state index contributed by atoms with van der Waals surface area (Å²) in [7, 11) is 1.67. The van der Waals surface area contributed by atoms with Crippen molar-refractivity contribution >= 4 is 18.3 Å². The van der Waals surface area contributed by atoms with Crippen LogP contribution in [-0.2, 0) is 12.0 Å². The van der Waals surface area contributed by atoms with Gasteiger partial charge in [0.15, 0.2) is 0 Å². The molecule has 0 spiro atoms. The summed E-state index contributed by atoms with van der Waals surface area (Å²) in [5.74, 6) is 0.702. The summed E-state index contributed by atoms with van der Waals surface area (Å²) in [5.41, 5.74) is 3.80. The predicted molar refractivity (Wildman–Crippen MR) is 99.1 cm³/mol. The standard InChI is InChI=1S/C19H24N2O2.ClH/c1-13-9-15(17(23-5)16(10-13)19(2,3)4)12-21-18(22)14-7-6-8-20-11-14;/h6-11H,12H2,1-5H3,(H,21,22);1H. The highest BCUT2D eigenvalue weighted by atomic mass is 35.5. The second kappa shape index (κ2) is 8.15. The monoisotopic (exact) mass is 348 g/mol. The van der Waals surface area contributed by atoms with Crippen LogP contribution >= 0.6 is 12.4 Å². The molecule has 1 aromatic heterocycles. The number of aromatic nitrogens is 1. The lowest BCUT2D eigenvalue weighted by Gasteiger charge is -2.25. The zero-order chi connectivity index (χ0) is 17.0. The molecule has 0 aliphatic rings. The fourth-order valence-electron chi connectivity index (χ4n) is 2.55. The Morgan fingerprint density at radius 3 is 2.54 bits per heavy atom. The van der Waals surface area contributed by atoms with Gasteiger partial charge >= 0.3 is 0 Å². The van der Waals surface area contributed by atoms with E-state index in [1.54, 1.807) is 31.6 Å². The van der Waals surface area contributed by atoms with E-state index < -0.39 is 0 Å². The highest BCUT2D eigenvalue weighted by molar-refractivity contribution is 5.93. The molecule has 0 aliphatic carbocycles. The fraction of sp³-hybridized carbons (Fsp3) is 0.368. The summed E-state index contributed by atoms with van der Waals surface area (Å²) in [6.45, 7) is 8.94. The third-order valence-corrected chi connectivity index (χ3v) is 3.69. The number of pyridine rings is 1. The van der Waals surface area contributed by atoms with Crippen LogP contribution in [0.2, 0.25) is 0 Å². The second-order valence-corrected chi connectivity index (χ2v) is 6.68. The molecule has 0 atom stereocenters. The van der Waals surface area contributed by atoms with Crippen LogP contribution in [0.1, 0.15) is 47.8 Å². The highest BCUT2D eigenvalue weighted by Crippen LogP contribution is 2.35. The maximum Gasteiger partial charge on any atom is 0.253 e. The van der Waals surface area contributed by atoms with Gasteiger partial charge in [-0.3, -0.25) is 9.78 Å². The molecule has 0 unspecified atom stereocenters. The third kappa shape index (κ3) is 4.71. The minimum absolute atomic E-state index is 0. The molecule has 4 nitrogen and oxygen atoms in total. The first-order chi connectivity index (χ1) is 10.8. The number of nitrogens with one attached hydrogen (secondary N) is 1. The summed E-state index contributed by atoms with van der Waals surface area (Å²) >= 11 is 0. The van der Waals surface area contributed by atoms with Crippen LogP contribution in [0.15, 0.2) is 36.7 Å². The Morgan fingerprint density at radius 1 is 1.29 bits per heavy atom. The van der Waals surface area contributed by atoms with Gasteiger partial charge in [0, 0.05) is 30.1 Å². The highest BCUT2D eigenvalue weighted by Gasteiger charge is 2.22. The van der Waals surface area contributed by atoms with Gasteiger partial charge < -0.3 is 10.1 Å². The van der Waals surface area contributed by atoms with Crippen molar-refractivity contribution in [2.45, 2.75) is 39.7 Å². The van der Waals surface area contributed by atoms with E-state index in [4.69, 9.17) is 4.74 Å². The van der Waals surface area contributed by atoms with E-state index in [1.165, 1.54) is 0 Å². The zero-order valence-electron chi connectivity index (χ0n) is 14.8. The summed E-state index contributed by atoms with van der Waals surface area (Å²) in [6, 6.07) is 7.69. The Labute approximate surface area is 150 Å². The van der Waals surface area contributed by atoms with E-state index in [0.717, 1.165) is 22.4 Å². The second-order valence-electron chi connectivity index (χ2n) is 6.68. The van der Waals surface area contributed by atoms with Crippen molar-refractivity contribution in [2.75, 3.05) is 7.11 Å². The lowest BCUT2D eigenvalue weighted by Crippen LogP contribution is -2.24. The Kier molecular flexibility index (Phi) is 6.79. The molecule has 1 amide bonds. The van der Waals surface area contributed by atoms with E-state index in [-0.39, 0.29) is 23.7 Å². The number of methoxy groups -OCH3 is 1. The number of amides is 1. The molecule has 5 heteroatoms. The summed E-state index contributed by atoms with van der Waals surface area (Å²) in [6.07, 6.45) is 3.21. The molecular formula is C19H25ClN2O2. The number of carbonyl (C=O) groups excluding carboxylic acids is 1. The number of aryl methyl sites for hydroxylation is 1. The molecule has 1 heterocycles. The van der Waals surface area contributed by atoms with Gasteiger partial charge in [0.2, 0.25) is 0 Å². The third-order valence-electron chi connectivity index (χ3n) is 3.69. The van der Waals surface area contributed by atoms with Crippen molar-refractivity contribution in [3.8, 4) is 5.75 Å².